The van der Waals surface area contributed by atoms with Gasteiger partial charge in [-0.1, -0.05) is 12.1 Å². The molecule has 2 heterocycles. The number of rotatable bonds is 4. The van der Waals surface area contributed by atoms with Crippen molar-refractivity contribution in [1.82, 2.24) is 14.8 Å². The van der Waals surface area contributed by atoms with Crippen molar-refractivity contribution in [3.63, 3.8) is 0 Å². The topological polar surface area (TPSA) is 87.0 Å². The summed E-state index contributed by atoms with van der Waals surface area (Å²) in [6.45, 7) is 0.156. The summed E-state index contributed by atoms with van der Waals surface area (Å²) in [4.78, 5) is 14.1. The maximum atomic E-state index is 13.1. The van der Waals surface area contributed by atoms with Crippen LogP contribution in [-0.4, -0.2) is 19.7 Å². The standard InChI is InChI=1S/C13H9FN4O3/c14-10-3-1-2-9(4-10)12-6-15-13(21-12)8-17-7-11(5-16-17)18(19)20/h1-7H,8H2. The lowest BCUT2D eigenvalue weighted by atomic mass is 10.2. The van der Waals surface area contributed by atoms with Gasteiger partial charge in [-0.3, -0.25) is 14.8 Å². The van der Waals surface area contributed by atoms with E-state index in [9.17, 15) is 14.5 Å². The predicted octanol–water partition coefficient (Wildman–Crippen LogP) is 2.63. The quantitative estimate of drug-likeness (QED) is 0.544. The third-order valence-electron chi connectivity index (χ3n) is 2.79. The Bertz CT molecular complexity index is 796. The molecule has 0 aliphatic heterocycles. The number of oxazole rings is 1. The number of hydrogen-bond donors (Lipinski definition) is 0. The van der Waals surface area contributed by atoms with E-state index in [4.69, 9.17) is 4.42 Å². The van der Waals surface area contributed by atoms with Gasteiger partial charge in [0, 0.05) is 5.56 Å². The fraction of sp³-hybridized carbons (Fsp3) is 0.0769. The molecule has 0 aliphatic carbocycles. The Balaban J connectivity index is 1.80. The molecule has 8 heteroatoms. The van der Waals surface area contributed by atoms with Crippen LogP contribution in [-0.2, 0) is 6.54 Å². The molecule has 0 radical (unpaired) electrons. The van der Waals surface area contributed by atoms with Gasteiger partial charge in [-0.2, -0.15) is 5.10 Å². The van der Waals surface area contributed by atoms with Gasteiger partial charge < -0.3 is 4.42 Å². The summed E-state index contributed by atoms with van der Waals surface area (Å²) in [5.74, 6) is 0.381. The molecule has 7 nitrogen and oxygen atoms in total. The fourth-order valence-corrected chi connectivity index (χ4v) is 1.83. The minimum Gasteiger partial charge on any atom is -0.439 e. The third kappa shape index (κ3) is 2.78. The van der Waals surface area contributed by atoms with Crippen LogP contribution in [0, 0.1) is 15.9 Å². The highest BCUT2D eigenvalue weighted by atomic mass is 19.1. The number of nitrogens with zero attached hydrogens (tertiary/aromatic N) is 4. The normalized spacial score (nSPS) is 10.7. The average molecular weight is 288 g/mol. The Morgan fingerprint density at radius 3 is 2.95 bits per heavy atom. The van der Waals surface area contributed by atoms with E-state index >= 15 is 0 Å². The molecule has 0 saturated carbocycles. The molecule has 0 atom stereocenters. The lowest BCUT2D eigenvalue weighted by Gasteiger charge is -1.97. The van der Waals surface area contributed by atoms with E-state index in [1.54, 1.807) is 12.1 Å². The summed E-state index contributed by atoms with van der Waals surface area (Å²) in [7, 11) is 0. The van der Waals surface area contributed by atoms with Gasteiger partial charge >= 0.3 is 5.69 Å². The SMILES string of the molecule is O=[N+]([O-])c1cnn(Cc2ncc(-c3cccc(F)c3)o2)c1. The molecule has 0 spiro atoms. The highest BCUT2D eigenvalue weighted by Gasteiger charge is 2.12. The summed E-state index contributed by atoms with van der Waals surface area (Å²) in [6, 6.07) is 5.95. The molecule has 21 heavy (non-hydrogen) atoms. The van der Waals surface area contributed by atoms with Gasteiger partial charge in [0.15, 0.2) is 5.76 Å². The number of halogens is 1. The summed E-state index contributed by atoms with van der Waals surface area (Å²) < 4.78 is 20.0. The fourth-order valence-electron chi connectivity index (χ4n) is 1.83. The van der Waals surface area contributed by atoms with Gasteiger partial charge in [0.25, 0.3) is 0 Å². The van der Waals surface area contributed by atoms with E-state index in [1.807, 2.05) is 0 Å². The molecule has 1 aromatic carbocycles. The van der Waals surface area contributed by atoms with Crippen molar-refractivity contribution in [2.45, 2.75) is 6.54 Å². The Kier molecular flexibility index (Phi) is 3.19. The van der Waals surface area contributed by atoms with Crippen LogP contribution in [0.3, 0.4) is 0 Å². The molecule has 106 valence electrons. The zero-order chi connectivity index (χ0) is 14.8. The van der Waals surface area contributed by atoms with Crippen molar-refractivity contribution >= 4 is 5.69 Å². The molecule has 0 fully saturated rings. The van der Waals surface area contributed by atoms with Gasteiger partial charge in [-0.25, -0.2) is 9.37 Å². The van der Waals surface area contributed by atoms with Crippen LogP contribution in [0.5, 0.6) is 0 Å². The number of hydrogen-bond acceptors (Lipinski definition) is 5. The highest BCUT2D eigenvalue weighted by molar-refractivity contribution is 5.56. The smallest absolute Gasteiger partial charge is 0.307 e. The Morgan fingerprint density at radius 2 is 2.24 bits per heavy atom. The lowest BCUT2D eigenvalue weighted by molar-refractivity contribution is -0.385. The van der Waals surface area contributed by atoms with Crippen LogP contribution in [0.25, 0.3) is 11.3 Å². The molecule has 0 aliphatic rings. The van der Waals surface area contributed by atoms with Crippen molar-refractivity contribution in [3.05, 3.63) is 64.7 Å². The minimum absolute atomic E-state index is 0.105. The van der Waals surface area contributed by atoms with E-state index < -0.39 is 4.92 Å². The highest BCUT2D eigenvalue weighted by Crippen LogP contribution is 2.21. The molecular weight excluding hydrogens is 279 g/mol. The predicted molar refractivity (Wildman–Crippen MR) is 69.9 cm³/mol. The molecule has 0 saturated heterocycles. The number of benzene rings is 1. The summed E-state index contributed by atoms with van der Waals surface area (Å²) in [5.41, 5.74) is 0.465. The van der Waals surface area contributed by atoms with Crippen molar-refractivity contribution in [3.8, 4) is 11.3 Å². The zero-order valence-corrected chi connectivity index (χ0v) is 10.6. The van der Waals surface area contributed by atoms with E-state index in [0.29, 0.717) is 17.2 Å². The minimum atomic E-state index is -0.531. The molecule has 2 aromatic heterocycles. The second-order valence-electron chi connectivity index (χ2n) is 4.28. The van der Waals surface area contributed by atoms with E-state index in [-0.39, 0.29) is 18.0 Å². The summed E-state index contributed by atoms with van der Waals surface area (Å²) in [5, 5.41) is 14.4. The maximum Gasteiger partial charge on any atom is 0.307 e. The second kappa shape index (κ2) is 5.16. The van der Waals surface area contributed by atoms with Crippen molar-refractivity contribution in [2.75, 3.05) is 0 Å². The summed E-state index contributed by atoms with van der Waals surface area (Å²) in [6.07, 6.45) is 3.91. The van der Waals surface area contributed by atoms with Crippen LogP contribution < -0.4 is 0 Å². The van der Waals surface area contributed by atoms with Crippen LogP contribution in [0.15, 0.2) is 47.3 Å². The molecule has 3 rings (SSSR count). The Labute approximate surface area is 117 Å². The van der Waals surface area contributed by atoms with E-state index in [2.05, 4.69) is 10.1 Å². The first kappa shape index (κ1) is 13.0. The summed E-state index contributed by atoms with van der Waals surface area (Å²) >= 11 is 0. The van der Waals surface area contributed by atoms with Gasteiger partial charge in [0.2, 0.25) is 5.89 Å². The van der Waals surface area contributed by atoms with Crippen LogP contribution in [0.4, 0.5) is 10.1 Å². The van der Waals surface area contributed by atoms with Crippen LogP contribution >= 0.6 is 0 Å². The Morgan fingerprint density at radius 1 is 1.38 bits per heavy atom. The van der Waals surface area contributed by atoms with Gasteiger partial charge in [-0.15, -0.1) is 0 Å². The van der Waals surface area contributed by atoms with Gasteiger partial charge in [0.1, 0.15) is 24.8 Å². The van der Waals surface area contributed by atoms with Crippen LogP contribution in [0.2, 0.25) is 0 Å². The number of aromatic nitrogens is 3. The van der Waals surface area contributed by atoms with Crippen LogP contribution in [0.1, 0.15) is 5.89 Å². The molecule has 0 bridgehead atoms. The Hall–Kier alpha value is -3.03. The largest absolute Gasteiger partial charge is 0.439 e. The van der Waals surface area contributed by atoms with Crippen molar-refractivity contribution in [1.29, 1.82) is 0 Å². The van der Waals surface area contributed by atoms with Gasteiger partial charge in [-0.05, 0) is 12.1 Å². The maximum absolute atomic E-state index is 13.1. The number of nitro groups is 1. The zero-order valence-electron chi connectivity index (χ0n) is 10.6. The molecule has 3 aromatic rings. The average Bonchev–Trinajstić information content (AvgIpc) is 3.08. The second-order valence-corrected chi connectivity index (χ2v) is 4.28. The molecule has 0 N–H and O–H groups in total. The molecule has 0 amide bonds. The molecule has 0 unspecified atom stereocenters. The van der Waals surface area contributed by atoms with E-state index in [1.165, 1.54) is 29.2 Å². The van der Waals surface area contributed by atoms with E-state index in [0.717, 1.165) is 6.20 Å². The molecular formula is C13H9FN4O3. The monoisotopic (exact) mass is 288 g/mol. The lowest BCUT2D eigenvalue weighted by Crippen LogP contribution is -1.99. The first-order valence-corrected chi connectivity index (χ1v) is 5.99. The van der Waals surface area contributed by atoms with Crippen molar-refractivity contribution in [2.24, 2.45) is 0 Å². The first-order chi connectivity index (χ1) is 10.1. The third-order valence-corrected chi connectivity index (χ3v) is 2.79. The first-order valence-electron chi connectivity index (χ1n) is 5.99. The van der Waals surface area contributed by atoms with Crippen molar-refractivity contribution < 1.29 is 13.7 Å². The van der Waals surface area contributed by atoms with Gasteiger partial charge in [0.05, 0.1) is 11.1 Å².